The second-order valence-electron chi connectivity index (χ2n) is 4.48. The molecule has 19 heavy (non-hydrogen) atoms. The number of amides is 1. The minimum absolute atomic E-state index is 0.0370. The molecule has 102 valence electrons. The summed E-state index contributed by atoms with van der Waals surface area (Å²) in [4.78, 5) is 13.9. The van der Waals surface area contributed by atoms with Gasteiger partial charge < -0.3 is 4.90 Å². The molecule has 0 saturated carbocycles. The lowest BCUT2D eigenvalue weighted by Gasteiger charge is -2.23. The Morgan fingerprint density at radius 1 is 1.26 bits per heavy atom. The lowest BCUT2D eigenvalue weighted by Crippen LogP contribution is -2.33. The van der Waals surface area contributed by atoms with Gasteiger partial charge in [-0.2, -0.15) is 0 Å². The van der Waals surface area contributed by atoms with Crippen LogP contribution in [0.15, 0.2) is 35.2 Å². The van der Waals surface area contributed by atoms with Crippen molar-refractivity contribution in [3.05, 3.63) is 41.5 Å². The van der Waals surface area contributed by atoms with Crippen molar-refractivity contribution in [3.63, 3.8) is 0 Å². The molecule has 4 nitrogen and oxygen atoms in total. The number of hydrogen-bond donors (Lipinski definition) is 0. The van der Waals surface area contributed by atoms with Crippen LogP contribution in [0.25, 0.3) is 0 Å². The molecule has 0 spiro atoms. The van der Waals surface area contributed by atoms with Crippen LogP contribution >= 0.6 is 10.7 Å². The summed E-state index contributed by atoms with van der Waals surface area (Å²) in [5.74, 6) is -0.172. The topological polar surface area (TPSA) is 54.5 Å². The average Bonchev–Trinajstić information content (AvgIpc) is 2.37. The zero-order chi connectivity index (χ0) is 14.0. The van der Waals surface area contributed by atoms with Gasteiger partial charge in [0.25, 0.3) is 15.0 Å². The van der Waals surface area contributed by atoms with E-state index >= 15 is 0 Å². The van der Waals surface area contributed by atoms with Crippen LogP contribution in [-0.4, -0.2) is 32.3 Å². The lowest BCUT2D eigenvalue weighted by molar-refractivity contribution is 0.0770. The molecular formula is C13H14ClNO3S. The Morgan fingerprint density at radius 2 is 2.00 bits per heavy atom. The largest absolute Gasteiger partial charge is 0.335 e. The normalized spacial score (nSPS) is 15.6. The van der Waals surface area contributed by atoms with E-state index < -0.39 is 9.05 Å². The average molecular weight is 300 g/mol. The maximum absolute atomic E-state index is 12.3. The minimum atomic E-state index is -3.82. The van der Waals surface area contributed by atoms with Crippen molar-refractivity contribution in [2.75, 3.05) is 13.1 Å². The van der Waals surface area contributed by atoms with E-state index in [1.807, 2.05) is 12.2 Å². The summed E-state index contributed by atoms with van der Waals surface area (Å²) in [6, 6.07) is 4.46. The van der Waals surface area contributed by atoms with E-state index in [4.69, 9.17) is 10.7 Å². The molecule has 0 radical (unpaired) electrons. The Morgan fingerprint density at radius 3 is 2.58 bits per heavy atom. The predicted octanol–water partition coefficient (Wildman–Crippen LogP) is 2.32. The summed E-state index contributed by atoms with van der Waals surface area (Å²) in [6.07, 6.45) is 4.77. The van der Waals surface area contributed by atoms with Crippen LogP contribution in [0.5, 0.6) is 0 Å². The molecule has 0 saturated heterocycles. The third-order valence-corrected chi connectivity index (χ3v) is 4.26. The van der Waals surface area contributed by atoms with Gasteiger partial charge in [0, 0.05) is 29.3 Å². The molecular weight excluding hydrogens is 286 g/mol. The highest BCUT2D eigenvalue weighted by Gasteiger charge is 2.19. The molecule has 1 amide bonds. The van der Waals surface area contributed by atoms with Crippen molar-refractivity contribution in [2.24, 2.45) is 0 Å². The van der Waals surface area contributed by atoms with Crippen molar-refractivity contribution >= 4 is 25.6 Å². The van der Waals surface area contributed by atoms with Gasteiger partial charge in [-0.25, -0.2) is 8.42 Å². The highest BCUT2D eigenvalue weighted by Crippen LogP contribution is 2.20. The Balaban J connectivity index is 2.37. The maximum Gasteiger partial charge on any atom is 0.261 e. The van der Waals surface area contributed by atoms with Crippen molar-refractivity contribution in [3.8, 4) is 0 Å². The smallest absolute Gasteiger partial charge is 0.261 e. The summed E-state index contributed by atoms with van der Waals surface area (Å²) < 4.78 is 22.7. The van der Waals surface area contributed by atoms with Gasteiger partial charge in [-0.1, -0.05) is 12.2 Å². The molecule has 0 aliphatic carbocycles. The number of nitrogens with zero attached hydrogens (tertiary/aromatic N) is 1. The first-order valence-electron chi connectivity index (χ1n) is 5.88. The summed E-state index contributed by atoms with van der Waals surface area (Å²) in [7, 11) is 1.50. The van der Waals surface area contributed by atoms with Gasteiger partial charge in [0.15, 0.2) is 0 Å². The van der Waals surface area contributed by atoms with Crippen molar-refractivity contribution in [2.45, 2.75) is 18.2 Å². The van der Waals surface area contributed by atoms with Crippen molar-refractivity contribution < 1.29 is 13.2 Å². The summed E-state index contributed by atoms with van der Waals surface area (Å²) >= 11 is 0. The van der Waals surface area contributed by atoms with E-state index in [1.165, 1.54) is 12.1 Å². The number of carbonyl (C=O) groups is 1. The number of rotatable bonds is 2. The SMILES string of the molecule is Cc1cc(C(=O)N2CC=CCC2)cc(S(=O)(=O)Cl)c1. The zero-order valence-electron chi connectivity index (χ0n) is 10.5. The van der Waals surface area contributed by atoms with E-state index in [0.29, 0.717) is 24.2 Å². The third kappa shape index (κ3) is 3.36. The van der Waals surface area contributed by atoms with Gasteiger partial charge in [-0.3, -0.25) is 4.79 Å². The fraction of sp³-hybridized carbons (Fsp3) is 0.308. The number of halogens is 1. The fourth-order valence-corrected chi connectivity index (χ4v) is 2.88. The van der Waals surface area contributed by atoms with E-state index in [9.17, 15) is 13.2 Å². The van der Waals surface area contributed by atoms with Gasteiger partial charge in [0.2, 0.25) is 0 Å². The second-order valence-corrected chi connectivity index (χ2v) is 7.05. The number of carbonyl (C=O) groups excluding carboxylic acids is 1. The first-order chi connectivity index (χ1) is 8.88. The van der Waals surface area contributed by atoms with Crippen LogP contribution in [0.1, 0.15) is 22.3 Å². The summed E-state index contributed by atoms with van der Waals surface area (Å²) in [6.45, 7) is 2.93. The van der Waals surface area contributed by atoms with E-state index in [0.717, 1.165) is 6.42 Å². The van der Waals surface area contributed by atoms with Crippen LogP contribution in [0.2, 0.25) is 0 Å². The van der Waals surface area contributed by atoms with Gasteiger partial charge >= 0.3 is 0 Å². The molecule has 1 aromatic carbocycles. The fourth-order valence-electron chi connectivity index (χ4n) is 2.02. The molecule has 0 bridgehead atoms. The van der Waals surface area contributed by atoms with Crippen LogP contribution in [0.4, 0.5) is 0 Å². The second kappa shape index (κ2) is 5.35. The number of aryl methyl sites for hydroxylation is 1. The molecule has 6 heteroatoms. The van der Waals surface area contributed by atoms with E-state index in [2.05, 4.69) is 0 Å². The highest BCUT2D eigenvalue weighted by molar-refractivity contribution is 8.13. The molecule has 0 N–H and O–H groups in total. The molecule has 1 aliphatic rings. The zero-order valence-corrected chi connectivity index (χ0v) is 12.0. The van der Waals surface area contributed by atoms with Gasteiger partial charge in [0.05, 0.1) is 4.90 Å². The molecule has 1 heterocycles. The van der Waals surface area contributed by atoms with E-state index in [1.54, 1.807) is 17.9 Å². The number of hydrogen-bond acceptors (Lipinski definition) is 3. The monoisotopic (exact) mass is 299 g/mol. The Labute approximate surface area is 117 Å². The van der Waals surface area contributed by atoms with Gasteiger partial charge in [-0.05, 0) is 37.1 Å². The van der Waals surface area contributed by atoms with Crippen LogP contribution in [0.3, 0.4) is 0 Å². The summed E-state index contributed by atoms with van der Waals surface area (Å²) in [5, 5.41) is 0. The molecule has 1 aliphatic heterocycles. The standard InChI is InChI=1S/C13H14ClNO3S/c1-10-7-11(9-12(8-10)19(14,17)18)13(16)15-5-3-2-4-6-15/h2-3,7-9H,4-6H2,1H3. The van der Waals surface area contributed by atoms with Crippen LogP contribution in [-0.2, 0) is 9.05 Å². The van der Waals surface area contributed by atoms with Gasteiger partial charge in [-0.15, -0.1) is 0 Å². The van der Waals surface area contributed by atoms with Crippen molar-refractivity contribution in [1.82, 2.24) is 4.90 Å². The quantitative estimate of drug-likeness (QED) is 0.622. The first-order valence-corrected chi connectivity index (χ1v) is 8.19. The molecule has 0 atom stereocenters. The molecule has 0 unspecified atom stereocenters. The minimum Gasteiger partial charge on any atom is -0.335 e. The summed E-state index contributed by atoms with van der Waals surface area (Å²) in [5.41, 5.74) is 1.05. The Kier molecular flexibility index (Phi) is 3.96. The van der Waals surface area contributed by atoms with Crippen molar-refractivity contribution in [1.29, 1.82) is 0 Å². The molecule has 1 aromatic rings. The van der Waals surface area contributed by atoms with Gasteiger partial charge in [0.1, 0.15) is 0 Å². The molecule has 2 rings (SSSR count). The maximum atomic E-state index is 12.3. The lowest BCUT2D eigenvalue weighted by atomic mass is 10.1. The Hall–Kier alpha value is -1.33. The number of benzene rings is 1. The van der Waals surface area contributed by atoms with Crippen LogP contribution < -0.4 is 0 Å². The predicted molar refractivity (Wildman–Crippen MR) is 73.9 cm³/mol. The Bertz CT molecular complexity index is 637. The van der Waals surface area contributed by atoms with Crippen LogP contribution in [0, 0.1) is 6.92 Å². The first kappa shape index (κ1) is 14.1. The molecule has 0 fully saturated rings. The van der Waals surface area contributed by atoms with E-state index in [-0.39, 0.29) is 10.8 Å². The molecule has 0 aromatic heterocycles. The highest BCUT2D eigenvalue weighted by atomic mass is 35.7. The third-order valence-electron chi connectivity index (χ3n) is 2.92.